The van der Waals surface area contributed by atoms with Crippen molar-refractivity contribution in [2.45, 2.75) is 33.0 Å². The van der Waals surface area contributed by atoms with Crippen molar-refractivity contribution >= 4 is 12.4 Å². The SMILES string of the molecule is CCN1CCN(CC(O)COC(C)C)CC1.Cl. The number of aliphatic hydroxyl groups excluding tert-OH is 1. The first-order valence-electron chi connectivity index (χ1n) is 6.36. The second-order valence-electron chi connectivity index (χ2n) is 4.77. The van der Waals surface area contributed by atoms with Gasteiger partial charge >= 0.3 is 0 Å². The third-order valence-electron chi connectivity index (χ3n) is 3.00. The van der Waals surface area contributed by atoms with Gasteiger partial charge in [0.2, 0.25) is 0 Å². The Morgan fingerprint density at radius 1 is 1.12 bits per heavy atom. The maximum atomic E-state index is 9.79. The van der Waals surface area contributed by atoms with E-state index in [2.05, 4.69) is 16.7 Å². The number of aliphatic hydroxyl groups is 1. The average Bonchev–Trinajstić information content (AvgIpc) is 2.27. The summed E-state index contributed by atoms with van der Waals surface area (Å²) in [5.41, 5.74) is 0. The first kappa shape index (κ1) is 17.1. The molecule has 1 unspecified atom stereocenters. The first-order chi connectivity index (χ1) is 7.61. The van der Waals surface area contributed by atoms with Crippen molar-refractivity contribution in [2.24, 2.45) is 0 Å². The van der Waals surface area contributed by atoms with Crippen LogP contribution in [0.15, 0.2) is 0 Å². The third-order valence-corrected chi connectivity index (χ3v) is 3.00. The molecule has 4 nitrogen and oxygen atoms in total. The minimum atomic E-state index is -0.351. The topological polar surface area (TPSA) is 35.9 Å². The lowest BCUT2D eigenvalue weighted by Crippen LogP contribution is -2.48. The number of likely N-dealkylation sites (N-methyl/N-ethyl adjacent to an activating group) is 1. The summed E-state index contributed by atoms with van der Waals surface area (Å²) in [7, 11) is 0. The Kier molecular flexibility index (Phi) is 9.18. The smallest absolute Gasteiger partial charge is 0.0900 e. The van der Waals surface area contributed by atoms with E-state index in [0.717, 1.165) is 39.3 Å². The molecule has 17 heavy (non-hydrogen) atoms. The monoisotopic (exact) mass is 266 g/mol. The van der Waals surface area contributed by atoms with E-state index < -0.39 is 0 Å². The molecule has 0 bridgehead atoms. The fourth-order valence-electron chi connectivity index (χ4n) is 1.94. The minimum Gasteiger partial charge on any atom is -0.389 e. The van der Waals surface area contributed by atoms with Crippen molar-refractivity contribution < 1.29 is 9.84 Å². The summed E-state index contributed by atoms with van der Waals surface area (Å²) < 4.78 is 5.40. The maximum absolute atomic E-state index is 9.79. The molecule has 0 spiro atoms. The summed E-state index contributed by atoms with van der Waals surface area (Å²) in [5.74, 6) is 0. The number of piperazine rings is 1. The second-order valence-corrected chi connectivity index (χ2v) is 4.77. The minimum absolute atomic E-state index is 0. The molecule has 0 aromatic rings. The van der Waals surface area contributed by atoms with Crippen LogP contribution < -0.4 is 0 Å². The Hall–Kier alpha value is 0.130. The molecule has 1 rings (SSSR count). The molecule has 1 heterocycles. The van der Waals surface area contributed by atoms with Crippen LogP contribution in [0.2, 0.25) is 0 Å². The summed E-state index contributed by atoms with van der Waals surface area (Å²) >= 11 is 0. The van der Waals surface area contributed by atoms with Crippen LogP contribution in [0.1, 0.15) is 20.8 Å². The highest BCUT2D eigenvalue weighted by molar-refractivity contribution is 5.85. The molecule has 0 aromatic carbocycles. The van der Waals surface area contributed by atoms with Crippen molar-refractivity contribution in [3.8, 4) is 0 Å². The van der Waals surface area contributed by atoms with E-state index in [1.807, 2.05) is 13.8 Å². The van der Waals surface area contributed by atoms with Gasteiger partial charge in [0.25, 0.3) is 0 Å². The number of hydrogen-bond donors (Lipinski definition) is 1. The fourth-order valence-corrected chi connectivity index (χ4v) is 1.94. The highest BCUT2D eigenvalue weighted by Crippen LogP contribution is 2.03. The molecule has 0 radical (unpaired) electrons. The molecule has 0 aromatic heterocycles. The summed E-state index contributed by atoms with van der Waals surface area (Å²) in [6, 6.07) is 0. The largest absolute Gasteiger partial charge is 0.389 e. The van der Waals surface area contributed by atoms with Gasteiger partial charge in [0.05, 0.1) is 18.8 Å². The van der Waals surface area contributed by atoms with Crippen molar-refractivity contribution in [3.63, 3.8) is 0 Å². The highest BCUT2D eigenvalue weighted by atomic mass is 35.5. The lowest BCUT2D eigenvalue weighted by molar-refractivity contribution is -0.0142. The van der Waals surface area contributed by atoms with E-state index >= 15 is 0 Å². The molecule has 104 valence electrons. The van der Waals surface area contributed by atoms with E-state index in [9.17, 15) is 5.11 Å². The number of halogens is 1. The number of rotatable bonds is 6. The van der Waals surface area contributed by atoms with Gasteiger partial charge in [0, 0.05) is 32.7 Å². The predicted molar refractivity (Wildman–Crippen MR) is 72.9 cm³/mol. The second kappa shape index (κ2) is 9.11. The van der Waals surface area contributed by atoms with Crippen LogP contribution in [0, 0.1) is 0 Å². The molecule has 1 fully saturated rings. The van der Waals surface area contributed by atoms with Crippen LogP contribution in [0.4, 0.5) is 0 Å². The Labute approximate surface area is 111 Å². The third kappa shape index (κ3) is 7.21. The fraction of sp³-hybridized carbons (Fsp3) is 1.00. The van der Waals surface area contributed by atoms with Crippen molar-refractivity contribution in [3.05, 3.63) is 0 Å². The Morgan fingerprint density at radius 2 is 1.65 bits per heavy atom. The first-order valence-corrected chi connectivity index (χ1v) is 6.36. The van der Waals surface area contributed by atoms with Crippen molar-refractivity contribution in [2.75, 3.05) is 45.9 Å². The number of nitrogens with zero attached hydrogens (tertiary/aromatic N) is 2. The molecule has 1 saturated heterocycles. The predicted octanol–water partition coefficient (Wildman–Crippen LogP) is 0.832. The molecule has 5 heteroatoms. The molecule has 0 aliphatic carbocycles. The zero-order valence-corrected chi connectivity index (χ0v) is 12.1. The quantitative estimate of drug-likeness (QED) is 0.773. The lowest BCUT2D eigenvalue weighted by Gasteiger charge is -2.35. The van der Waals surface area contributed by atoms with Crippen LogP contribution in [0.5, 0.6) is 0 Å². The van der Waals surface area contributed by atoms with Gasteiger partial charge in [-0.3, -0.25) is 4.90 Å². The van der Waals surface area contributed by atoms with Gasteiger partial charge in [0.15, 0.2) is 0 Å². The molecule has 1 N–H and O–H groups in total. The van der Waals surface area contributed by atoms with Gasteiger partial charge in [-0.15, -0.1) is 12.4 Å². The normalized spacial score (nSPS) is 20.3. The van der Waals surface area contributed by atoms with E-state index in [0.29, 0.717) is 6.61 Å². The van der Waals surface area contributed by atoms with E-state index in [1.165, 1.54) is 0 Å². The Morgan fingerprint density at radius 3 is 2.12 bits per heavy atom. The molecule has 0 amide bonds. The highest BCUT2D eigenvalue weighted by Gasteiger charge is 2.18. The van der Waals surface area contributed by atoms with E-state index in [1.54, 1.807) is 0 Å². The lowest BCUT2D eigenvalue weighted by atomic mass is 10.2. The van der Waals surface area contributed by atoms with E-state index in [-0.39, 0.29) is 24.6 Å². The van der Waals surface area contributed by atoms with Crippen LogP contribution in [0.3, 0.4) is 0 Å². The molecule has 1 atom stereocenters. The van der Waals surface area contributed by atoms with Gasteiger partial charge in [-0.1, -0.05) is 6.92 Å². The van der Waals surface area contributed by atoms with Crippen molar-refractivity contribution in [1.29, 1.82) is 0 Å². The zero-order chi connectivity index (χ0) is 12.0. The Balaban J connectivity index is 0.00000256. The maximum Gasteiger partial charge on any atom is 0.0900 e. The molecular formula is C12H27ClN2O2. The average molecular weight is 267 g/mol. The summed E-state index contributed by atoms with van der Waals surface area (Å²) in [5, 5.41) is 9.79. The number of ether oxygens (including phenoxy) is 1. The molecule has 1 aliphatic rings. The van der Waals surface area contributed by atoms with Crippen LogP contribution in [0.25, 0.3) is 0 Å². The van der Waals surface area contributed by atoms with Gasteiger partial charge in [-0.25, -0.2) is 0 Å². The van der Waals surface area contributed by atoms with Crippen molar-refractivity contribution in [1.82, 2.24) is 9.80 Å². The number of β-amino-alcohol motifs (C(OH)–C–C–N with tert-alkyl or cyclic N) is 1. The summed E-state index contributed by atoms with van der Waals surface area (Å²) in [6.07, 6.45) is -0.151. The van der Waals surface area contributed by atoms with Gasteiger partial charge in [-0.2, -0.15) is 0 Å². The summed E-state index contributed by atoms with van der Waals surface area (Å²) in [6.45, 7) is 12.9. The van der Waals surface area contributed by atoms with Gasteiger partial charge in [-0.05, 0) is 20.4 Å². The molecular weight excluding hydrogens is 240 g/mol. The Bertz CT molecular complexity index is 185. The summed E-state index contributed by atoms with van der Waals surface area (Å²) in [4.78, 5) is 4.76. The van der Waals surface area contributed by atoms with Gasteiger partial charge < -0.3 is 14.7 Å². The zero-order valence-electron chi connectivity index (χ0n) is 11.3. The van der Waals surface area contributed by atoms with Crippen LogP contribution in [-0.2, 0) is 4.74 Å². The van der Waals surface area contributed by atoms with Gasteiger partial charge in [0.1, 0.15) is 0 Å². The molecule has 1 aliphatic heterocycles. The molecule has 0 saturated carbocycles. The standard InChI is InChI=1S/C12H26N2O2.ClH/c1-4-13-5-7-14(8-6-13)9-12(15)10-16-11(2)3;/h11-12,15H,4-10H2,1-3H3;1H. The van der Waals surface area contributed by atoms with Crippen LogP contribution in [-0.4, -0.2) is 73.0 Å². The number of hydrogen-bond acceptors (Lipinski definition) is 4. The van der Waals surface area contributed by atoms with Crippen LogP contribution >= 0.6 is 12.4 Å². The van der Waals surface area contributed by atoms with E-state index in [4.69, 9.17) is 4.74 Å².